The highest BCUT2D eigenvalue weighted by Gasteiger charge is 2.59. The van der Waals surface area contributed by atoms with E-state index in [1.807, 2.05) is 62.4 Å². The Morgan fingerprint density at radius 2 is 1.64 bits per heavy atom. The zero-order valence-electron chi connectivity index (χ0n) is 17.9. The number of rotatable bonds is 0. The summed E-state index contributed by atoms with van der Waals surface area (Å²) in [4.78, 5) is 31.0. The van der Waals surface area contributed by atoms with Gasteiger partial charge in [0.1, 0.15) is 16.6 Å². The third-order valence-corrected chi connectivity index (χ3v) is 6.85. The molecule has 0 aliphatic carbocycles. The Bertz CT molecular complexity index is 1740. The highest BCUT2D eigenvalue weighted by atomic mass is 16.5. The van der Waals surface area contributed by atoms with Crippen molar-refractivity contribution in [3.8, 4) is 11.6 Å². The van der Waals surface area contributed by atoms with Crippen LogP contribution in [0.2, 0.25) is 0 Å². The average Bonchev–Trinajstić information content (AvgIpc) is 3.30. The molecule has 1 amide bonds. The van der Waals surface area contributed by atoms with E-state index < -0.39 is 11.0 Å². The smallest absolute Gasteiger partial charge is 0.345 e. The van der Waals surface area contributed by atoms with Crippen molar-refractivity contribution in [1.29, 1.82) is 0 Å². The Labute approximate surface area is 187 Å². The van der Waals surface area contributed by atoms with Gasteiger partial charge in [-0.15, -0.1) is 0 Å². The van der Waals surface area contributed by atoms with Gasteiger partial charge in [0.2, 0.25) is 11.8 Å². The minimum absolute atomic E-state index is 0.208. The fraction of sp³-hybridized carbons (Fsp3) is 0.111. The first-order valence-electron chi connectivity index (χ1n) is 10.8. The number of para-hydroxylation sites is 2. The van der Waals surface area contributed by atoms with Crippen molar-refractivity contribution in [3.63, 3.8) is 0 Å². The maximum atomic E-state index is 14.1. The van der Waals surface area contributed by atoms with Crippen LogP contribution in [0.25, 0.3) is 21.9 Å². The lowest BCUT2D eigenvalue weighted by Crippen LogP contribution is -2.43. The zero-order chi connectivity index (χ0) is 22.5. The molecule has 33 heavy (non-hydrogen) atoms. The fourth-order valence-corrected chi connectivity index (χ4v) is 5.60. The van der Waals surface area contributed by atoms with Crippen LogP contribution >= 0.6 is 0 Å². The molecular formula is C27H18N2O4. The minimum Gasteiger partial charge on any atom is -0.439 e. The monoisotopic (exact) mass is 434 g/mol. The van der Waals surface area contributed by atoms with Gasteiger partial charge in [0.05, 0.1) is 5.39 Å². The second-order valence-electron chi connectivity index (χ2n) is 8.78. The third-order valence-electron chi connectivity index (χ3n) is 6.85. The van der Waals surface area contributed by atoms with Crippen molar-refractivity contribution >= 4 is 33.5 Å². The van der Waals surface area contributed by atoms with Gasteiger partial charge in [-0.1, -0.05) is 48.0 Å². The molecule has 2 aromatic heterocycles. The van der Waals surface area contributed by atoms with Crippen LogP contribution in [0, 0.1) is 13.8 Å². The molecule has 0 saturated carbocycles. The van der Waals surface area contributed by atoms with Crippen LogP contribution < -0.4 is 15.7 Å². The Morgan fingerprint density at radius 1 is 0.879 bits per heavy atom. The molecule has 4 heterocycles. The number of fused-ring (bicyclic) bond motifs is 10. The van der Waals surface area contributed by atoms with E-state index in [0.29, 0.717) is 28.2 Å². The van der Waals surface area contributed by atoms with Gasteiger partial charge in [-0.25, -0.2) is 4.79 Å². The van der Waals surface area contributed by atoms with Crippen LogP contribution in [-0.4, -0.2) is 10.9 Å². The number of amides is 1. The molecule has 0 radical (unpaired) electrons. The van der Waals surface area contributed by atoms with Gasteiger partial charge in [-0.2, -0.15) is 0 Å². The van der Waals surface area contributed by atoms with Crippen molar-refractivity contribution in [2.24, 2.45) is 0 Å². The lowest BCUT2D eigenvalue weighted by molar-refractivity contribution is -0.118. The number of ether oxygens (including phenoxy) is 1. The lowest BCUT2D eigenvalue weighted by atomic mass is 9.68. The zero-order valence-corrected chi connectivity index (χ0v) is 17.9. The summed E-state index contributed by atoms with van der Waals surface area (Å²) >= 11 is 0. The van der Waals surface area contributed by atoms with Crippen LogP contribution in [0.5, 0.6) is 11.6 Å². The number of carbonyl (C=O) groups is 1. The maximum absolute atomic E-state index is 14.1. The fourth-order valence-electron chi connectivity index (χ4n) is 5.60. The summed E-state index contributed by atoms with van der Waals surface area (Å²) in [5.74, 6) is 0.522. The molecule has 0 saturated heterocycles. The minimum atomic E-state index is -1.40. The maximum Gasteiger partial charge on any atom is 0.345 e. The Kier molecular flexibility index (Phi) is 3.28. The molecule has 1 spiro atoms. The van der Waals surface area contributed by atoms with Gasteiger partial charge < -0.3 is 19.5 Å². The summed E-state index contributed by atoms with van der Waals surface area (Å²) in [6.45, 7) is 3.95. The van der Waals surface area contributed by atoms with Crippen molar-refractivity contribution < 1.29 is 13.9 Å². The Hall–Kier alpha value is -4.32. The summed E-state index contributed by atoms with van der Waals surface area (Å²) in [5, 5.41) is 4.54. The topological polar surface area (TPSA) is 84.3 Å². The summed E-state index contributed by atoms with van der Waals surface area (Å²) in [6.07, 6.45) is 0. The number of anilines is 1. The quantitative estimate of drug-likeness (QED) is 0.325. The Morgan fingerprint density at radius 3 is 2.48 bits per heavy atom. The van der Waals surface area contributed by atoms with E-state index in [1.54, 1.807) is 12.1 Å². The van der Waals surface area contributed by atoms with Crippen LogP contribution in [0.3, 0.4) is 0 Å². The molecule has 0 bridgehead atoms. The van der Waals surface area contributed by atoms with Crippen LogP contribution in [0.1, 0.15) is 27.8 Å². The van der Waals surface area contributed by atoms with Crippen LogP contribution in [0.15, 0.2) is 69.9 Å². The van der Waals surface area contributed by atoms with E-state index in [1.165, 1.54) is 0 Å². The number of H-pyrrole nitrogens is 1. The molecule has 0 fully saturated rings. The third kappa shape index (κ3) is 2.08. The normalized spacial score (nSPS) is 18.2. The largest absolute Gasteiger partial charge is 0.439 e. The second-order valence-corrected chi connectivity index (χ2v) is 8.78. The van der Waals surface area contributed by atoms with E-state index in [2.05, 4.69) is 10.3 Å². The number of hydrogen-bond donors (Lipinski definition) is 2. The van der Waals surface area contributed by atoms with E-state index >= 15 is 0 Å². The van der Waals surface area contributed by atoms with E-state index in [-0.39, 0.29) is 11.5 Å². The van der Waals surface area contributed by atoms with Crippen molar-refractivity contribution in [3.05, 3.63) is 98.9 Å². The van der Waals surface area contributed by atoms with Gasteiger partial charge in [0, 0.05) is 27.7 Å². The van der Waals surface area contributed by atoms with Crippen molar-refractivity contribution in [2.75, 3.05) is 5.32 Å². The predicted molar refractivity (Wildman–Crippen MR) is 125 cm³/mol. The summed E-state index contributed by atoms with van der Waals surface area (Å²) in [7, 11) is 0. The molecule has 1 unspecified atom stereocenters. The molecule has 6 nitrogen and oxygen atoms in total. The molecule has 3 aromatic carbocycles. The number of carbonyl (C=O) groups excluding carboxylic acids is 1. The summed E-state index contributed by atoms with van der Waals surface area (Å²) in [6, 6.07) is 18.9. The first kappa shape index (κ1) is 18.3. The number of hydrogen-bond acceptors (Lipinski definition) is 4. The van der Waals surface area contributed by atoms with E-state index in [9.17, 15) is 9.59 Å². The number of aromatic amines is 1. The summed E-state index contributed by atoms with van der Waals surface area (Å²) in [5.41, 5.74) is 3.50. The average molecular weight is 434 g/mol. The van der Waals surface area contributed by atoms with Gasteiger partial charge in [0.15, 0.2) is 5.75 Å². The molecule has 160 valence electrons. The molecule has 2 N–H and O–H groups in total. The summed E-state index contributed by atoms with van der Waals surface area (Å²) < 4.78 is 12.1. The number of aryl methyl sites for hydroxylation is 2. The Balaban J connectivity index is 1.76. The number of aromatic nitrogens is 1. The SMILES string of the molecule is Cc1cc(C)c2c(c1)C1(C(=O)N2)c2c(c3ccccc3oc2=O)Oc2[nH]c3ccccc3c21. The molecule has 2 aliphatic heterocycles. The van der Waals surface area contributed by atoms with Crippen LogP contribution in [-0.2, 0) is 10.2 Å². The van der Waals surface area contributed by atoms with Gasteiger partial charge in [0.25, 0.3) is 0 Å². The molecule has 5 aromatic rings. The van der Waals surface area contributed by atoms with E-state index in [4.69, 9.17) is 9.15 Å². The van der Waals surface area contributed by atoms with Gasteiger partial charge >= 0.3 is 5.63 Å². The van der Waals surface area contributed by atoms with Crippen molar-refractivity contribution in [2.45, 2.75) is 19.3 Å². The van der Waals surface area contributed by atoms with E-state index in [0.717, 1.165) is 33.3 Å². The van der Waals surface area contributed by atoms with Gasteiger partial charge in [-0.05, 0) is 37.6 Å². The first-order valence-corrected chi connectivity index (χ1v) is 10.8. The lowest BCUT2D eigenvalue weighted by Gasteiger charge is -2.33. The molecular weight excluding hydrogens is 416 g/mol. The molecule has 6 heteroatoms. The second kappa shape index (κ2) is 5.92. The van der Waals surface area contributed by atoms with Gasteiger partial charge in [-0.3, -0.25) is 4.79 Å². The molecule has 2 aliphatic rings. The predicted octanol–water partition coefficient (Wildman–Crippen LogP) is 5.28. The highest BCUT2D eigenvalue weighted by molar-refractivity contribution is 6.16. The van der Waals surface area contributed by atoms with Crippen LogP contribution in [0.4, 0.5) is 5.69 Å². The highest BCUT2D eigenvalue weighted by Crippen LogP contribution is 2.58. The van der Waals surface area contributed by atoms with Crippen molar-refractivity contribution in [1.82, 2.24) is 4.98 Å². The first-order chi connectivity index (χ1) is 16.0. The number of nitrogens with one attached hydrogen (secondary N) is 2. The number of benzene rings is 3. The molecule has 1 atom stereocenters. The standard InChI is InChI=1S/C27H18N2O4/c1-13-11-14(2)22-17(12-13)27(26(31)29-22)20-15-7-3-5-9-18(15)28-24(20)33-23-16-8-4-6-10-19(16)32-25(30)21(23)27/h3-12,28H,1-2H3,(H,29,31). The molecule has 7 rings (SSSR count).